The standard InChI is InChI=1S/C22H27NO2S/c1-16-14-17(2)22(20(24)15-16)19(18-6-4-3-5-7-18)8-9-21(25)23-10-12-26-13-11-23/h3-7,14-15,19,24H,8-13H2,1-2H3. The van der Waals surface area contributed by atoms with Gasteiger partial charge in [0, 0.05) is 42.5 Å². The first kappa shape index (κ1) is 18.8. The van der Waals surface area contributed by atoms with Crippen LogP contribution in [0.15, 0.2) is 42.5 Å². The summed E-state index contributed by atoms with van der Waals surface area (Å²) < 4.78 is 0. The quantitative estimate of drug-likeness (QED) is 0.844. The summed E-state index contributed by atoms with van der Waals surface area (Å²) >= 11 is 1.91. The van der Waals surface area contributed by atoms with Crippen LogP contribution < -0.4 is 0 Å². The number of aryl methyl sites for hydroxylation is 2. The van der Waals surface area contributed by atoms with Gasteiger partial charge in [0.25, 0.3) is 0 Å². The molecule has 2 aromatic carbocycles. The van der Waals surface area contributed by atoms with Crippen LogP contribution in [0.4, 0.5) is 0 Å². The summed E-state index contributed by atoms with van der Waals surface area (Å²) in [4.78, 5) is 14.6. The Balaban J connectivity index is 1.84. The molecule has 1 N–H and O–H groups in total. The van der Waals surface area contributed by atoms with E-state index >= 15 is 0 Å². The summed E-state index contributed by atoms with van der Waals surface area (Å²) in [6.45, 7) is 5.75. The Kier molecular flexibility index (Phi) is 6.25. The molecule has 3 rings (SSSR count). The fraction of sp³-hybridized carbons (Fsp3) is 0.409. The molecule has 4 heteroatoms. The molecule has 1 aliphatic heterocycles. The van der Waals surface area contributed by atoms with E-state index in [0.717, 1.165) is 46.8 Å². The molecule has 0 bridgehead atoms. The van der Waals surface area contributed by atoms with Gasteiger partial charge in [-0.2, -0.15) is 11.8 Å². The average Bonchev–Trinajstić information content (AvgIpc) is 2.65. The maximum absolute atomic E-state index is 12.6. The number of carbonyl (C=O) groups excluding carboxylic acids is 1. The molecule has 1 heterocycles. The molecule has 0 saturated carbocycles. The fourth-order valence-corrected chi connectivity index (χ4v) is 4.71. The third-order valence-electron chi connectivity index (χ3n) is 5.07. The molecule has 1 saturated heterocycles. The van der Waals surface area contributed by atoms with Gasteiger partial charge in [-0.05, 0) is 43.0 Å². The minimum absolute atomic E-state index is 0.0277. The van der Waals surface area contributed by atoms with Crippen LogP contribution in [0.25, 0.3) is 0 Å². The summed E-state index contributed by atoms with van der Waals surface area (Å²) in [6, 6.07) is 14.1. The van der Waals surface area contributed by atoms with Gasteiger partial charge in [0.05, 0.1) is 0 Å². The van der Waals surface area contributed by atoms with E-state index in [0.29, 0.717) is 18.6 Å². The molecule has 2 aromatic rings. The van der Waals surface area contributed by atoms with Crippen molar-refractivity contribution >= 4 is 17.7 Å². The number of phenols is 1. The third kappa shape index (κ3) is 4.42. The molecule has 1 unspecified atom stereocenters. The Morgan fingerprint density at radius 2 is 1.85 bits per heavy atom. The highest BCUT2D eigenvalue weighted by molar-refractivity contribution is 7.99. The van der Waals surface area contributed by atoms with Crippen molar-refractivity contribution in [2.24, 2.45) is 0 Å². The van der Waals surface area contributed by atoms with Gasteiger partial charge in [-0.15, -0.1) is 0 Å². The highest BCUT2D eigenvalue weighted by atomic mass is 32.2. The Bertz CT molecular complexity index is 731. The second-order valence-electron chi connectivity index (χ2n) is 7.01. The summed E-state index contributed by atoms with van der Waals surface area (Å²) in [6.07, 6.45) is 1.22. The van der Waals surface area contributed by atoms with Gasteiger partial charge < -0.3 is 10.0 Å². The van der Waals surface area contributed by atoms with Crippen LogP contribution in [0.3, 0.4) is 0 Å². The second-order valence-corrected chi connectivity index (χ2v) is 8.23. The highest BCUT2D eigenvalue weighted by Gasteiger charge is 2.23. The van der Waals surface area contributed by atoms with Crippen molar-refractivity contribution in [2.75, 3.05) is 24.6 Å². The number of hydrogen-bond donors (Lipinski definition) is 1. The van der Waals surface area contributed by atoms with Crippen molar-refractivity contribution in [1.82, 2.24) is 4.90 Å². The number of hydrogen-bond acceptors (Lipinski definition) is 3. The summed E-state index contributed by atoms with van der Waals surface area (Å²) in [7, 11) is 0. The minimum atomic E-state index is 0.0277. The topological polar surface area (TPSA) is 40.5 Å². The maximum Gasteiger partial charge on any atom is 0.222 e. The number of rotatable bonds is 5. The van der Waals surface area contributed by atoms with Crippen molar-refractivity contribution < 1.29 is 9.90 Å². The summed E-state index contributed by atoms with van der Waals surface area (Å²) in [5.74, 6) is 2.66. The average molecular weight is 370 g/mol. The monoisotopic (exact) mass is 369 g/mol. The molecule has 0 spiro atoms. The lowest BCUT2D eigenvalue weighted by atomic mass is 9.84. The fourth-order valence-electron chi connectivity index (χ4n) is 3.81. The SMILES string of the molecule is Cc1cc(C)c(C(CCC(=O)N2CCSCC2)c2ccccc2)c(O)c1. The van der Waals surface area contributed by atoms with Crippen LogP contribution in [0.5, 0.6) is 5.75 Å². The molecule has 1 aliphatic rings. The van der Waals surface area contributed by atoms with E-state index in [1.54, 1.807) is 0 Å². The van der Waals surface area contributed by atoms with E-state index in [9.17, 15) is 9.90 Å². The Morgan fingerprint density at radius 3 is 2.50 bits per heavy atom. The predicted molar refractivity (Wildman–Crippen MR) is 109 cm³/mol. The number of nitrogens with zero attached hydrogens (tertiary/aromatic N) is 1. The first-order valence-corrected chi connectivity index (χ1v) is 10.4. The smallest absolute Gasteiger partial charge is 0.222 e. The zero-order valence-electron chi connectivity index (χ0n) is 15.6. The van der Waals surface area contributed by atoms with Gasteiger partial charge in [0.2, 0.25) is 5.91 Å². The van der Waals surface area contributed by atoms with Gasteiger partial charge in [-0.1, -0.05) is 36.4 Å². The van der Waals surface area contributed by atoms with Gasteiger partial charge in [-0.25, -0.2) is 0 Å². The lowest BCUT2D eigenvalue weighted by Gasteiger charge is -2.28. The molecule has 0 radical (unpaired) electrons. The molecule has 26 heavy (non-hydrogen) atoms. The molecule has 3 nitrogen and oxygen atoms in total. The van der Waals surface area contributed by atoms with Crippen molar-refractivity contribution in [1.29, 1.82) is 0 Å². The van der Waals surface area contributed by atoms with Crippen LogP contribution in [0.1, 0.15) is 41.0 Å². The van der Waals surface area contributed by atoms with E-state index in [1.807, 2.05) is 54.8 Å². The minimum Gasteiger partial charge on any atom is -0.508 e. The highest BCUT2D eigenvalue weighted by Crippen LogP contribution is 2.37. The first-order chi connectivity index (χ1) is 12.6. The molecule has 0 aliphatic carbocycles. The molecule has 1 amide bonds. The molecular weight excluding hydrogens is 342 g/mol. The van der Waals surface area contributed by atoms with Gasteiger partial charge in [0.1, 0.15) is 5.75 Å². The van der Waals surface area contributed by atoms with Crippen molar-refractivity contribution in [3.63, 3.8) is 0 Å². The summed E-state index contributed by atoms with van der Waals surface area (Å²) in [5.41, 5.74) is 4.23. The number of thioether (sulfide) groups is 1. The number of phenolic OH excluding ortho intramolecular Hbond substituents is 1. The van der Waals surface area contributed by atoms with E-state index < -0.39 is 0 Å². The van der Waals surface area contributed by atoms with Crippen molar-refractivity contribution in [3.05, 3.63) is 64.7 Å². The Morgan fingerprint density at radius 1 is 1.15 bits per heavy atom. The number of aromatic hydroxyl groups is 1. The van der Waals surface area contributed by atoms with Crippen LogP contribution in [0.2, 0.25) is 0 Å². The Labute approximate surface area is 160 Å². The lowest BCUT2D eigenvalue weighted by molar-refractivity contribution is -0.130. The van der Waals surface area contributed by atoms with E-state index in [1.165, 1.54) is 0 Å². The zero-order chi connectivity index (χ0) is 18.5. The predicted octanol–water partition coefficient (Wildman–Crippen LogP) is 4.50. The van der Waals surface area contributed by atoms with E-state index in [4.69, 9.17) is 0 Å². The molecule has 1 atom stereocenters. The summed E-state index contributed by atoms with van der Waals surface area (Å²) in [5, 5.41) is 10.6. The van der Waals surface area contributed by atoms with Crippen LogP contribution in [-0.4, -0.2) is 40.5 Å². The van der Waals surface area contributed by atoms with Gasteiger partial charge in [-0.3, -0.25) is 4.79 Å². The second kappa shape index (κ2) is 8.63. The van der Waals surface area contributed by atoms with Crippen molar-refractivity contribution in [3.8, 4) is 5.75 Å². The van der Waals surface area contributed by atoms with Crippen molar-refractivity contribution in [2.45, 2.75) is 32.6 Å². The van der Waals surface area contributed by atoms with E-state index in [2.05, 4.69) is 18.2 Å². The zero-order valence-corrected chi connectivity index (χ0v) is 16.4. The van der Waals surface area contributed by atoms with Gasteiger partial charge in [0.15, 0.2) is 0 Å². The lowest BCUT2D eigenvalue weighted by Crippen LogP contribution is -2.37. The maximum atomic E-state index is 12.6. The number of benzene rings is 2. The first-order valence-electron chi connectivity index (χ1n) is 9.27. The van der Waals surface area contributed by atoms with Crippen LogP contribution in [0, 0.1) is 13.8 Å². The van der Waals surface area contributed by atoms with Gasteiger partial charge >= 0.3 is 0 Å². The Hall–Kier alpha value is -1.94. The molecule has 1 fully saturated rings. The third-order valence-corrected chi connectivity index (χ3v) is 6.01. The van der Waals surface area contributed by atoms with E-state index in [-0.39, 0.29) is 11.8 Å². The molecule has 138 valence electrons. The number of carbonyl (C=O) groups is 1. The normalized spacial score (nSPS) is 15.7. The van der Waals surface area contributed by atoms with Crippen LogP contribution in [-0.2, 0) is 4.79 Å². The molecular formula is C22H27NO2S. The number of amides is 1. The molecule has 0 aromatic heterocycles. The largest absolute Gasteiger partial charge is 0.508 e. The van der Waals surface area contributed by atoms with Crippen LogP contribution >= 0.6 is 11.8 Å².